The van der Waals surface area contributed by atoms with Crippen LogP contribution in [-0.2, 0) is 4.79 Å². The molecule has 0 amide bonds. The van der Waals surface area contributed by atoms with E-state index >= 15 is 0 Å². The SMILES string of the molecule is CC(C)c1nc2ccccc2c(-c2ccc(F)cc2)c1C=C[C@@H](O)CC(O)CC(=O)O. The standard InChI is InChI=1S/C25H26FNO4/c1-15(2)25-21(12-11-18(28)13-19(29)14-23(30)31)24(16-7-9-17(26)10-8-16)20-5-3-4-6-22(20)27-25/h3-12,15,18-19,28-29H,13-14H2,1-2H3,(H,30,31)/t18-,19?/m1/s1. The molecule has 31 heavy (non-hydrogen) atoms. The molecule has 162 valence electrons. The first-order valence-corrected chi connectivity index (χ1v) is 10.2. The van der Waals surface area contributed by atoms with Crippen LogP contribution in [0.4, 0.5) is 4.39 Å². The van der Waals surface area contributed by atoms with Gasteiger partial charge in [-0.3, -0.25) is 9.78 Å². The molecule has 0 aliphatic carbocycles. The molecule has 0 saturated carbocycles. The Kier molecular flexibility index (Phi) is 7.15. The fourth-order valence-corrected chi connectivity index (χ4v) is 3.63. The van der Waals surface area contributed by atoms with Gasteiger partial charge in [-0.25, -0.2) is 4.39 Å². The molecule has 2 atom stereocenters. The topological polar surface area (TPSA) is 90.7 Å². The van der Waals surface area contributed by atoms with Gasteiger partial charge < -0.3 is 15.3 Å². The summed E-state index contributed by atoms with van der Waals surface area (Å²) in [6, 6.07) is 14.0. The van der Waals surface area contributed by atoms with Crippen LogP contribution in [0.25, 0.3) is 28.1 Å². The van der Waals surface area contributed by atoms with Crippen molar-refractivity contribution in [1.29, 1.82) is 0 Å². The molecule has 1 heterocycles. The number of hydrogen-bond donors (Lipinski definition) is 3. The van der Waals surface area contributed by atoms with Crippen LogP contribution in [0.15, 0.2) is 54.6 Å². The molecule has 0 aliphatic heterocycles. The van der Waals surface area contributed by atoms with Crippen molar-refractivity contribution in [2.75, 3.05) is 0 Å². The Morgan fingerprint density at radius 3 is 2.42 bits per heavy atom. The molecule has 1 unspecified atom stereocenters. The Bertz CT molecular complexity index is 1090. The number of carbonyl (C=O) groups is 1. The molecular formula is C25H26FNO4. The fourth-order valence-electron chi connectivity index (χ4n) is 3.63. The first-order chi connectivity index (χ1) is 14.8. The van der Waals surface area contributed by atoms with Crippen molar-refractivity contribution >= 4 is 22.9 Å². The van der Waals surface area contributed by atoms with Crippen molar-refractivity contribution < 1.29 is 24.5 Å². The van der Waals surface area contributed by atoms with Crippen LogP contribution >= 0.6 is 0 Å². The van der Waals surface area contributed by atoms with Crippen LogP contribution in [0.5, 0.6) is 0 Å². The zero-order valence-corrected chi connectivity index (χ0v) is 17.5. The highest BCUT2D eigenvalue weighted by atomic mass is 19.1. The Hall–Kier alpha value is -3.09. The predicted molar refractivity (Wildman–Crippen MR) is 119 cm³/mol. The van der Waals surface area contributed by atoms with E-state index in [4.69, 9.17) is 10.1 Å². The van der Waals surface area contributed by atoms with E-state index < -0.39 is 24.6 Å². The quantitative estimate of drug-likeness (QED) is 0.486. The maximum Gasteiger partial charge on any atom is 0.305 e. The molecule has 5 nitrogen and oxygen atoms in total. The van der Waals surface area contributed by atoms with E-state index in [9.17, 15) is 19.4 Å². The molecule has 0 fully saturated rings. The third-order valence-electron chi connectivity index (χ3n) is 5.05. The van der Waals surface area contributed by atoms with Crippen molar-refractivity contribution in [2.24, 2.45) is 0 Å². The van der Waals surface area contributed by atoms with Crippen LogP contribution in [0.1, 0.15) is 43.9 Å². The molecule has 3 rings (SSSR count). The van der Waals surface area contributed by atoms with Crippen molar-refractivity contribution in [3.63, 3.8) is 0 Å². The molecule has 0 aliphatic rings. The average molecular weight is 423 g/mol. The minimum Gasteiger partial charge on any atom is -0.481 e. The van der Waals surface area contributed by atoms with Crippen LogP contribution in [-0.4, -0.2) is 38.5 Å². The Morgan fingerprint density at radius 1 is 1.10 bits per heavy atom. The molecule has 3 aromatic rings. The van der Waals surface area contributed by atoms with Gasteiger partial charge in [0, 0.05) is 22.9 Å². The molecule has 0 bridgehead atoms. The molecule has 0 spiro atoms. The number of rotatable bonds is 8. The minimum atomic E-state index is -1.15. The van der Waals surface area contributed by atoms with Gasteiger partial charge in [0.2, 0.25) is 0 Å². The normalized spacial score (nSPS) is 13.7. The maximum absolute atomic E-state index is 13.6. The number of fused-ring (bicyclic) bond motifs is 1. The predicted octanol–water partition coefficient (Wildman–Crippen LogP) is 4.76. The summed E-state index contributed by atoms with van der Waals surface area (Å²) in [5.41, 5.74) is 4.14. The smallest absolute Gasteiger partial charge is 0.305 e. The molecule has 2 aromatic carbocycles. The molecule has 0 radical (unpaired) electrons. The summed E-state index contributed by atoms with van der Waals surface area (Å²) in [5.74, 6) is -1.37. The lowest BCUT2D eigenvalue weighted by Crippen LogP contribution is -2.19. The lowest BCUT2D eigenvalue weighted by molar-refractivity contribution is -0.139. The van der Waals surface area contributed by atoms with E-state index in [1.165, 1.54) is 18.2 Å². The van der Waals surface area contributed by atoms with Gasteiger partial charge in [0.1, 0.15) is 5.82 Å². The van der Waals surface area contributed by atoms with E-state index in [2.05, 4.69) is 0 Å². The Morgan fingerprint density at radius 2 is 1.77 bits per heavy atom. The van der Waals surface area contributed by atoms with Crippen molar-refractivity contribution in [1.82, 2.24) is 4.98 Å². The van der Waals surface area contributed by atoms with Crippen LogP contribution in [0, 0.1) is 5.82 Å². The zero-order valence-electron chi connectivity index (χ0n) is 17.5. The van der Waals surface area contributed by atoms with Gasteiger partial charge in [0.25, 0.3) is 0 Å². The second-order valence-electron chi connectivity index (χ2n) is 7.88. The highest BCUT2D eigenvalue weighted by Crippen LogP contribution is 2.36. The number of pyridine rings is 1. The summed E-state index contributed by atoms with van der Waals surface area (Å²) in [7, 11) is 0. The number of para-hydroxylation sites is 1. The summed E-state index contributed by atoms with van der Waals surface area (Å²) in [5, 5.41) is 29.8. The fraction of sp³-hybridized carbons (Fsp3) is 0.280. The zero-order chi connectivity index (χ0) is 22.5. The number of aliphatic carboxylic acids is 1. The highest BCUT2D eigenvalue weighted by Gasteiger charge is 2.18. The van der Waals surface area contributed by atoms with Gasteiger partial charge >= 0.3 is 5.97 Å². The third-order valence-corrected chi connectivity index (χ3v) is 5.05. The Balaban J connectivity index is 2.12. The number of aliphatic hydroxyl groups is 2. The first-order valence-electron chi connectivity index (χ1n) is 10.2. The highest BCUT2D eigenvalue weighted by molar-refractivity contribution is 5.99. The van der Waals surface area contributed by atoms with Crippen LogP contribution in [0.3, 0.4) is 0 Å². The number of aliphatic hydroxyl groups excluding tert-OH is 2. The van der Waals surface area contributed by atoms with Gasteiger partial charge in [0.05, 0.1) is 29.8 Å². The molecule has 1 aromatic heterocycles. The van der Waals surface area contributed by atoms with Crippen molar-refractivity contribution in [2.45, 2.75) is 44.8 Å². The number of halogens is 1. The number of aromatic nitrogens is 1. The lowest BCUT2D eigenvalue weighted by atomic mass is 9.90. The van der Waals surface area contributed by atoms with E-state index in [0.29, 0.717) is 0 Å². The van der Waals surface area contributed by atoms with Crippen LogP contribution in [0.2, 0.25) is 0 Å². The molecule has 0 saturated heterocycles. The summed E-state index contributed by atoms with van der Waals surface area (Å²) in [4.78, 5) is 15.6. The van der Waals surface area contributed by atoms with E-state index in [0.717, 1.165) is 33.3 Å². The lowest BCUT2D eigenvalue weighted by Gasteiger charge is -2.18. The van der Waals surface area contributed by atoms with E-state index in [1.54, 1.807) is 18.2 Å². The van der Waals surface area contributed by atoms with Gasteiger partial charge in [-0.2, -0.15) is 0 Å². The van der Waals surface area contributed by atoms with E-state index in [-0.39, 0.29) is 18.2 Å². The summed E-state index contributed by atoms with van der Waals surface area (Å²) in [6.07, 6.45) is 0.601. The number of nitrogens with zero attached hydrogens (tertiary/aromatic N) is 1. The van der Waals surface area contributed by atoms with Gasteiger partial charge in [0.15, 0.2) is 0 Å². The first kappa shape index (κ1) is 22.6. The second kappa shape index (κ2) is 9.81. The monoisotopic (exact) mass is 423 g/mol. The largest absolute Gasteiger partial charge is 0.481 e. The average Bonchev–Trinajstić information content (AvgIpc) is 2.71. The third kappa shape index (κ3) is 5.54. The summed E-state index contributed by atoms with van der Waals surface area (Å²) in [6.45, 7) is 4.05. The van der Waals surface area contributed by atoms with Gasteiger partial charge in [-0.1, -0.05) is 56.3 Å². The number of carboxylic acid groups (broad SMARTS) is 1. The van der Waals surface area contributed by atoms with Crippen molar-refractivity contribution in [3.05, 3.63) is 71.7 Å². The molecule has 3 N–H and O–H groups in total. The van der Waals surface area contributed by atoms with Gasteiger partial charge in [-0.15, -0.1) is 0 Å². The molecular weight excluding hydrogens is 397 g/mol. The van der Waals surface area contributed by atoms with Gasteiger partial charge in [-0.05, 0) is 29.7 Å². The van der Waals surface area contributed by atoms with Crippen LogP contribution < -0.4 is 0 Å². The number of benzene rings is 2. The van der Waals surface area contributed by atoms with E-state index in [1.807, 2.05) is 38.1 Å². The summed E-state index contributed by atoms with van der Waals surface area (Å²) >= 11 is 0. The number of carboxylic acids is 1. The molecule has 6 heteroatoms. The van der Waals surface area contributed by atoms with Crippen molar-refractivity contribution in [3.8, 4) is 11.1 Å². The summed E-state index contributed by atoms with van der Waals surface area (Å²) < 4.78 is 13.6. The minimum absolute atomic E-state index is 0.0817. The second-order valence-corrected chi connectivity index (χ2v) is 7.88. The maximum atomic E-state index is 13.6. The Labute approximate surface area is 180 Å². The number of hydrogen-bond acceptors (Lipinski definition) is 4.